The first-order valence-electron chi connectivity index (χ1n) is 6.82. The Kier molecular flexibility index (Phi) is 8.32. The van der Waals surface area contributed by atoms with Gasteiger partial charge in [-0.2, -0.15) is 0 Å². The number of hydrogen-bond donors (Lipinski definition) is 2. The van der Waals surface area contributed by atoms with E-state index in [4.69, 9.17) is 5.73 Å². The maximum Gasteiger partial charge on any atom is 0.236 e. The van der Waals surface area contributed by atoms with Crippen molar-refractivity contribution in [2.45, 2.75) is 58.4 Å². The van der Waals surface area contributed by atoms with Crippen molar-refractivity contribution in [1.82, 2.24) is 10.3 Å². The molecule has 20 heavy (non-hydrogen) atoms. The molecule has 1 aromatic rings. The number of carbonyl (C=O) groups is 1. The van der Waals surface area contributed by atoms with Crippen LogP contribution >= 0.6 is 23.7 Å². The maximum atomic E-state index is 11.6. The lowest BCUT2D eigenvalue weighted by Crippen LogP contribution is -2.41. The molecule has 1 aromatic heterocycles. The smallest absolute Gasteiger partial charge is 0.236 e. The second-order valence-corrected chi connectivity index (χ2v) is 6.69. The van der Waals surface area contributed by atoms with Gasteiger partial charge in [-0.05, 0) is 6.42 Å². The van der Waals surface area contributed by atoms with Gasteiger partial charge in [-0.1, -0.05) is 34.1 Å². The van der Waals surface area contributed by atoms with E-state index in [9.17, 15) is 4.79 Å². The van der Waals surface area contributed by atoms with Crippen molar-refractivity contribution in [1.29, 1.82) is 0 Å². The SMILES string of the molecule is CCCC(N)C(=O)NCCc1csc(C(C)(C)C)n1.Cl. The van der Waals surface area contributed by atoms with Crippen LogP contribution in [0.1, 0.15) is 51.2 Å². The van der Waals surface area contributed by atoms with Crippen molar-refractivity contribution >= 4 is 29.7 Å². The van der Waals surface area contributed by atoms with E-state index in [-0.39, 0.29) is 29.8 Å². The molecule has 0 aliphatic carbocycles. The summed E-state index contributed by atoms with van der Waals surface area (Å²) in [7, 11) is 0. The number of hydrogen-bond acceptors (Lipinski definition) is 4. The molecule has 1 heterocycles. The number of carbonyl (C=O) groups excluding carboxylic acids is 1. The molecule has 116 valence electrons. The number of rotatable bonds is 6. The minimum atomic E-state index is -0.384. The number of nitrogens with one attached hydrogen (secondary N) is 1. The van der Waals surface area contributed by atoms with Gasteiger partial charge in [0, 0.05) is 23.8 Å². The first-order chi connectivity index (χ1) is 8.84. The average molecular weight is 320 g/mol. The van der Waals surface area contributed by atoms with Gasteiger partial charge in [-0.25, -0.2) is 4.98 Å². The predicted octanol–water partition coefficient (Wildman–Crippen LogP) is 2.65. The summed E-state index contributed by atoms with van der Waals surface area (Å²) in [4.78, 5) is 16.2. The fourth-order valence-corrected chi connectivity index (χ4v) is 2.59. The minimum absolute atomic E-state index is 0. The van der Waals surface area contributed by atoms with Crippen molar-refractivity contribution in [3.8, 4) is 0 Å². The second-order valence-electron chi connectivity index (χ2n) is 5.83. The highest BCUT2D eigenvalue weighted by atomic mass is 35.5. The molecule has 0 aliphatic rings. The van der Waals surface area contributed by atoms with E-state index < -0.39 is 0 Å². The molecular weight excluding hydrogens is 294 g/mol. The fourth-order valence-electron chi connectivity index (χ4n) is 1.65. The van der Waals surface area contributed by atoms with Crippen LogP contribution in [0.25, 0.3) is 0 Å². The molecule has 0 saturated carbocycles. The minimum Gasteiger partial charge on any atom is -0.354 e. The van der Waals surface area contributed by atoms with Gasteiger partial charge in [-0.3, -0.25) is 4.79 Å². The van der Waals surface area contributed by atoms with Crippen LogP contribution in [-0.2, 0) is 16.6 Å². The Bertz CT molecular complexity index is 415. The molecule has 1 unspecified atom stereocenters. The number of nitrogens with two attached hydrogens (primary N) is 1. The zero-order valence-electron chi connectivity index (χ0n) is 12.7. The van der Waals surface area contributed by atoms with Crippen LogP contribution in [0, 0.1) is 0 Å². The van der Waals surface area contributed by atoms with Crippen molar-refractivity contribution < 1.29 is 4.79 Å². The molecule has 0 aliphatic heterocycles. The van der Waals surface area contributed by atoms with E-state index in [0.29, 0.717) is 6.54 Å². The predicted molar refractivity (Wildman–Crippen MR) is 87.7 cm³/mol. The summed E-state index contributed by atoms with van der Waals surface area (Å²) in [6.45, 7) is 9.09. The highest BCUT2D eigenvalue weighted by Gasteiger charge is 2.18. The molecule has 0 spiro atoms. The summed E-state index contributed by atoms with van der Waals surface area (Å²) >= 11 is 1.68. The normalized spacial score (nSPS) is 12.7. The number of nitrogens with zero attached hydrogens (tertiary/aromatic N) is 1. The maximum absolute atomic E-state index is 11.6. The Labute approximate surface area is 132 Å². The Balaban J connectivity index is 0.00000361. The van der Waals surface area contributed by atoms with Crippen LogP contribution in [0.3, 0.4) is 0 Å². The number of halogens is 1. The van der Waals surface area contributed by atoms with Crippen LogP contribution in [0.5, 0.6) is 0 Å². The van der Waals surface area contributed by atoms with Gasteiger partial charge < -0.3 is 11.1 Å². The highest BCUT2D eigenvalue weighted by molar-refractivity contribution is 7.09. The fraction of sp³-hybridized carbons (Fsp3) is 0.714. The van der Waals surface area contributed by atoms with Gasteiger partial charge in [0.1, 0.15) is 0 Å². The van der Waals surface area contributed by atoms with Gasteiger partial charge in [0.05, 0.1) is 16.7 Å². The van der Waals surface area contributed by atoms with Gasteiger partial charge in [-0.15, -0.1) is 23.7 Å². The van der Waals surface area contributed by atoms with Crippen molar-refractivity contribution in [2.75, 3.05) is 6.54 Å². The second kappa shape index (κ2) is 8.60. The summed E-state index contributed by atoms with van der Waals surface area (Å²) in [6, 6.07) is -0.384. The summed E-state index contributed by atoms with van der Waals surface area (Å²) in [5.74, 6) is -0.0619. The van der Waals surface area contributed by atoms with Crippen molar-refractivity contribution in [2.24, 2.45) is 5.73 Å². The van der Waals surface area contributed by atoms with Gasteiger partial charge in [0.15, 0.2) is 0 Å². The lowest BCUT2D eigenvalue weighted by molar-refractivity contribution is -0.122. The Morgan fingerprint density at radius 3 is 2.65 bits per heavy atom. The van der Waals surface area contributed by atoms with E-state index in [2.05, 4.69) is 36.5 Å². The summed E-state index contributed by atoms with van der Waals surface area (Å²) in [5.41, 5.74) is 6.88. The lowest BCUT2D eigenvalue weighted by Gasteiger charge is -2.13. The van der Waals surface area contributed by atoms with E-state index in [1.807, 2.05) is 6.92 Å². The zero-order valence-corrected chi connectivity index (χ0v) is 14.4. The third kappa shape index (κ3) is 6.20. The molecule has 0 bridgehead atoms. The lowest BCUT2D eigenvalue weighted by atomic mass is 9.98. The van der Waals surface area contributed by atoms with Crippen molar-refractivity contribution in [3.05, 3.63) is 16.1 Å². The largest absolute Gasteiger partial charge is 0.354 e. The molecule has 4 nitrogen and oxygen atoms in total. The molecule has 1 rings (SSSR count). The van der Waals surface area contributed by atoms with Gasteiger partial charge >= 0.3 is 0 Å². The first-order valence-corrected chi connectivity index (χ1v) is 7.70. The first kappa shape index (κ1) is 19.4. The molecule has 0 radical (unpaired) electrons. The third-order valence-electron chi connectivity index (χ3n) is 2.81. The summed E-state index contributed by atoms with van der Waals surface area (Å²) in [5, 5.41) is 6.07. The topological polar surface area (TPSA) is 68.0 Å². The zero-order chi connectivity index (χ0) is 14.5. The van der Waals surface area contributed by atoms with Gasteiger partial charge in [0.2, 0.25) is 5.91 Å². The molecule has 0 aromatic carbocycles. The quantitative estimate of drug-likeness (QED) is 0.847. The van der Waals surface area contributed by atoms with Crippen molar-refractivity contribution in [3.63, 3.8) is 0 Å². The average Bonchev–Trinajstić information content (AvgIpc) is 2.77. The standard InChI is InChI=1S/C14H25N3OS.ClH/c1-5-6-11(15)12(18)16-8-7-10-9-19-13(17-10)14(2,3)4;/h9,11H,5-8,15H2,1-4H3,(H,16,18);1H. The van der Waals surface area contributed by atoms with Gasteiger partial charge in [0.25, 0.3) is 0 Å². The molecule has 1 atom stereocenters. The molecule has 0 saturated heterocycles. The Morgan fingerprint density at radius 2 is 2.15 bits per heavy atom. The van der Waals surface area contributed by atoms with Crippen LogP contribution in [0.2, 0.25) is 0 Å². The molecule has 1 amide bonds. The summed E-state index contributed by atoms with van der Waals surface area (Å²) in [6.07, 6.45) is 2.42. The number of aromatic nitrogens is 1. The van der Waals surface area contributed by atoms with E-state index in [1.165, 1.54) is 0 Å². The number of thiazole rings is 1. The Hall–Kier alpha value is -0.650. The molecule has 6 heteroatoms. The molecule has 0 fully saturated rings. The van der Waals surface area contributed by atoms with E-state index >= 15 is 0 Å². The monoisotopic (exact) mass is 319 g/mol. The molecular formula is C14H26ClN3OS. The highest BCUT2D eigenvalue weighted by Crippen LogP contribution is 2.25. The van der Waals surface area contributed by atoms with Crippen LogP contribution in [0.4, 0.5) is 0 Å². The third-order valence-corrected chi connectivity index (χ3v) is 4.13. The summed E-state index contributed by atoms with van der Waals surface area (Å²) < 4.78 is 0. The van der Waals surface area contributed by atoms with Crippen LogP contribution in [-0.4, -0.2) is 23.5 Å². The Morgan fingerprint density at radius 1 is 1.50 bits per heavy atom. The number of amides is 1. The molecule has 3 N–H and O–H groups in total. The van der Waals surface area contributed by atoms with E-state index in [0.717, 1.165) is 30.0 Å². The van der Waals surface area contributed by atoms with E-state index in [1.54, 1.807) is 11.3 Å². The van der Waals surface area contributed by atoms with Crippen LogP contribution in [0.15, 0.2) is 5.38 Å². The van der Waals surface area contributed by atoms with Crippen LogP contribution < -0.4 is 11.1 Å².